The lowest BCUT2D eigenvalue weighted by atomic mass is 10.2. The van der Waals surface area contributed by atoms with Crippen molar-refractivity contribution in [3.8, 4) is 17.2 Å². The molecular formula is C26H25BrClN3O5. The van der Waals surface area contributed by atoms with Crippen molar-refractivity contribution in [2.75, 3.05) is 25.1 Å². The number of benzene rings is 3. The van der Waals surface area contributed by atoms with Gasteiger partial charge in [-0.05, 0) is 74.5 Å². The highest BCUT2D eigenvalue weighted by Crippen LogP contribution is 2.28. The van der Waals surface area contributed by atoms with Crippen LogP contribution in [0.2, 0.25) is 5.02 Å². The highest BCUT2D eigenvalue weighted by atomic mass is 79.9. The number of halogens is 2. The van der Waals surface area contributed by atoms with Crippen LogP contribution in [0.1, 0.15) is 29.8 Å². The minimum absolute atomic E-state index is 0.218. The van der Waals surface area contributed by atoms with Crippen LogP contribution in [0, 0.1) is 0 Å². The summed E-state index contributed by atoms with van der Waals surface area (Å²) in [6.07, 6.45) is 1.44. The Bertz CT molecular complexity index is 1230. The number of hydrogen-bond donors (Lipinski definition) is 2. The number of nitrogens with one attached hydrogen (secondary N) is 2. The average Bonchev–Trinajstić information content (AvgIpc) is 2.86. The molecule has 3 rings (SSSR count). The normalized spacial score (nSPS) is 10.7. The molecule has 0 aliphatic rings. The molecule has 0 heterocycles. The van der Waals surface area contributed by atoms with Crippen molar-refractivity contribution in [1.82, 2.24) is 5.43 Å². The van der Waals surface area contributed by atoms with Crippen LogP contribution in [0.3, 0.4) is 0 Å². The molecule has 0 atom stereocenters. The van der Waals surface area contributed by atoms with Gasteiger partial charge in [0.15, 0.2) is 18.1 Å². The Balaban J connectivity index is 1.64. The molecule has 0 aliphatic carbocycles. The smallest absolute Gasteiger partial charge is 0.271 e. The molecule has 0 saturated heterocycles. The van der Waals surface area contributed by atoms with Crippen LogP contribution < -0.4 is 25.0 Å². The fourth-order valence-electron chi connectivity index (χ4n) is 3.04. The second kappa shape index (κ2) is 13.5. The molecule has 0 spiro atoms. The molecule has 0 radical (unpaired) electrons. The number of hydrogen-bond acceptors (Lipinski definition) is 6. The molecular weight excluding hydrogens is 550 g/mol. The van der Waals surface area contributed by atoms with Crippen LogP contribution in [0.5, 0.6) is 17.2 Å². The fourth-order valence-corrected chi connectivity index (χ4v) is 3.55. The van der Waals surface area contributed by atoms with Crippen molar-refractivity contribution < 1.29 is 23.8 Å². The van der Waals surface area contributed by atoms with Crippen LogP contribution in [0.15, 0.2) is 70.2 Å². The average molecular weight is 575 g/mol. The van der Waals surface area contributed by atoms with Gasteiger partial charge in [0.25, 0.3) is 11.8 Å². The van der Waals surface area contributed by atoms with Crippen LogP contribution in [0.25, 0.3) is 0 Å². The van der Waals surface area contributed by atoms with E-state index in [1.807, 2.05) is 13.8 Å². The van der Waals surface area contributed by atoms with Gasteiger partial charge < -0.3 is 19.5 Å². The number of nitrogens with zero attached hydrogens (tertiary/aromatic N) is 1. The van der Waals surface area contributed by atoms with E-state index in [4.69, 9.17) is 25.8 Å². The van der Waals surface area contributed by atoms with Crippen molar-refractivity contribution in [3.63, 3.8) is 0 Å². The van der Waals surface area contributed by atoms with Gasteiger partial charge in [0.2, 0.25) is 0 Å². The molecule has 3 aromatic carbocycles. The van der Waals surface area contributed by atoms with Crippen LogP contribution in [-0.2, 0) is 4.79 Å². The molecule has 2 amide bonds. The number of anilines is 1. The molecule has 36 heavy (non-hydrogen) atoms. The summed E-state index contributed by atoms with van der Waals surface area (Å²) in [5.41, 5.74) is 4.02. The molecule has 0 aliphatic heterocycles. The van der Waals surface area contributed by atoms with E-state index in [-0.39, 0.29) is 12.5 Å². The molecule has 0 fully saturated rings. The summed E-state index contributed by atoms with van der Waals surface area (Å²) >= 11 is 9.27. The van der Waals surface area contributed by atoms with Gasteiger partial charge in [-0.25, -0.2) is 5.43 Å². The molecule has 3 aromatic rings. The highest BCUT2D eigenvalue weighted by Gasteiger charge is 2.12. The number of ether oxygens (including phenoxy) is 3. The van der Waals surface area contributed by atoms with Gasteiger partial charge in [0, 0.05) is 26.3 Å². The van der Waals surface area contributed by atoms with Crippen molar-refractivity contribution in [3.05, 3.63) is 81.3 Å². The van der Waals surface area contributed by atoms with Gasteiger partial charge in [-0.1, -0.05) is 27.5 Å². The lowest BCUT2D eigenvalue weighted by Gasteiger charge is -2.12. The first-order valence-corrected chi connectivity index (χ1v) is 12.3. The first-order valence-electron chi connectivity index (χ1n) is 11.1. The Morgan fingerprint density at radius 1 is 0.917 bits per heavy atom. The number of carbonyl (C=O) groups is 2. The quantitative estimate of drug-likeness (QED) is 0.227. The zero-order valence-electron chi connectivity index (χ0n) is 19.7. The second-order valence-corrected chi connectivity index (χ2v) is 8.60. The molecule has 10 heteroatoms. The molecule has 0 saturated carbocycles. The van der Waals surface area contributed by atoms with Crippen LogP contribution in [0.4, 0.5) is 5.69 Å². The summed E-state index contributed by atoms with van der Waals surface area (Å²) in [5, 5.41) is 7.35. The van der Waals surface area contributed by atoms with E-state index in [1.54, 1.807) is 60.7 Å². The third-order valence-corrected chi connectivity index (χ3v) is 5.38. The second-order valence-electron chi connectivity index (χ2n) is 7.25. The Morgan fingerprint density at radius 3 is 2.33 bits per heavy atom. The summed E-state index contributed by atoms with van der Waals surface area (Å²) in [5.74, 6) is 0.709. The van der Waals surface area contributed by atoms with Gasteiger partial charge >= 0.3 is 0 Å². The summed E-state index contributed by atoms with van der Waals surface area (Å²) in [4.78, 5) is 24.9. The lowest BCUT2D eigenvalue weighted by Crippen LogP contribution is -2.20. The predicted octanol–water partition coefficient (Wildman–Crippen LogP) is 5.68. The Kier molecular flexibility index (Phi) is 10.1. The first-order chi connectivity index (χ1) is 17.4. The van der Waals surface area contributed by atoms with Gasteiger partial charge in [0.1, 0.15) is 5.75 Å². The molecule has 0 aromatic heterocycles. The monoisotopic (exact) mass is 573 g/mol. The van der Waals surface area contributed by atoms with Crippen molar-refractivity contribution >= 4 is 51.2 Å². The zero-order valence-corrected chi connectivity index (χ0v) is 22.1. The zero-order chi connectivity index (χ0) is 25.9. The van der Waals surface area contributed by atoms with Crippen LogP contribution >= 0.6 is 27.5 Å². The molecule has 0 bridgehead atoms. The molecule has 188 valence electrons. The van der Waals surface area contributed by atoms with E-state index in [2.05, 4.69) is 31.8 Å². The van der Waals surface area contributed by atoms with Gasteiger partial charge in [0.05, 0.1) is 19.4 Å². The minimum atomic E-state index is -0.421. The van der Waals surface area contributed by atoms with Crippen LogP contribution in [-0.4, -0.2) is 37.8 Å². The van der Waals surface area contributed by atoms with Gasteiger partial charge in [-0.2, -0.15) is 5.10 Å². The van der Waals surface area contributed by atoms with E-state index in [9.17, 15) is 9.59 Å². The predicted molar refractivity (Wildman–Crippen MR) is 144 cm³/mol. The van der Waals surface area contributed by atoms with Gasteiger partial charge in [-0.15, -0.1) is 0 Å². The van der Waals surface area contributed by atoms with Crippen molar-refractivity contribution in [1.29, 1.82) is 0 Å². The Hall–Kier alpha value is -3.56. The number of rotatable bonds is 11. The molecule has 8 nitrogen and oxygen atoms in total. The summed E-state index contributed by atoms with van der Waals surface area (Å²) in [7, 11) is 0. The van der Waals surface area contributed by atoms with E-state index >= 15 is 0 Å². The van der Waals surface area contributed by atoms with Crippen molar-refractivity contribution in [2.24, 2.45) is 5.10 Å². The van der Waals surface area contributed by atoms with E-state index in [0.717, 1.165) is 4.47 Å². The number of carbonyl (C=O) groups excluding carboxylic acids is 2. The highest BCUT2D eigenvalue weighted by molar-refractivity contribution is 9.10. The standard InChI is InChI=1S/C26H25BrClN3O5/c1-3-34-23-11-5-17(14-24(23)35-4-2)26(33)31-29-15-18-13-19(27)6-12-22(18)36-16-25(32)30-21-9-7-20(28)8-10-21/h5-15H,3-4,16H2,1-2H3,(H,30,32)(H,31,33)/b29-15+. The number of hydrazone groups is 1. The van der Waals surface area contributed by atoms with E-state index in [1.165, 1.54) is 6.21 Å². The maximum Gasteiger partial charge on any atom is 0.271 e. The van der Waals surface area contributed by atoms with Crippen molar-refractivity contribution in [2.45, 2.75) is 13.8 Å². The Morgan fingerprint density at radius 2 is 1.61 bits per heavy atom. The maximum absolute atomic E-state index is 12.6. The van der Waals surface area contributed by atoms with E-state index < -0.39 is 5.91 Å². The Labute approximate surface area is 222 Å². The van der Waals surface area contributed by atoms with Gasteiger partial charge in [-0.3, -0.25) is 9.59 Å². The SMILES string of the molecule is CCOc1ccc(C(=O)N/N=C/c2cc(Br)ccc2OCC(=O)Nc2ccc(Cl)cc2)cc1OCC. The summed E-state index contributed by atoms with van der Waals surface area (Å²) < 4.78 is 17.6. The number of amides is 2. The topological polar surface area (TPSA) is 98.3 Å². The first kappa shape index (κ1) is 27.0. The molecule has 0 unspecified atom stereocenters. The lowest BCUT2D eigenvalue weighted by molar-refractivity contribution is -0.118. The third kappa shape index (κ3) is 8.00. The summed E-state index contributed by atoms with van der Waals surface area (Å²) in [6, 6.07) is 16.9. The molecule has 2 N–H and O–H groups in total. The fraction of sp³-hybridized carbons (Fsp3) is 0.192. The maximum atomic E-state index is 12.6. The van der Waals surface area contributed by atoms with E-state index in [0.29, 0.717) is 52.3 Å². The largest absolute Gasteiger partial charge is 0.490 e. The summed E-state index contributed by atoms with van der Waals surface area (Å²) in [6.45, 7) is 4.43. The minimum Gasteiger partial charge on any atom is -0.490 e. The third-order valence-electron chi connectivity index (χ3n) is 4.63.